The van der Waals surface area contributed by atoms with Gasteiger partial charge in [-0.05, 0) is 36.2 Å². The van der Waals surface area contributed by atoms with Crippen molar-refractivity contribution in [2.75, 3.05) is 19.0 Å². The molecule has 1 heterocycles. The first kappa shape index (κ1) is 18.4. The normalized spacial score (nSPS) is 19.0. The predicted octanol–water partition coefficient (Wildman–Crippen LogP) is 2.49. The van der Waals surface area contributed by atoms with E-state index < -0.39 is 23.4 Å². The van der Waals surface area contributed by atoms with Gasteiger partial charge in [0.15, 0.2) is 0 Å². The summed E-state index contributed by atoms with van der Waals surface area (Å²) in [5.41, 5.74) is 0.0673. The standard InChI is InChI=1S/C20H21N3O4/c1-3-20(14-9-11-16(27-2)12-10-14)18(25)23(19(26)22-20)13-17(24)21-15-7-5-4-6-8-15/h4-12H,3,13H2,1-2H3,(H,21,24)(H,22,26). The van der Waals surface area contributed by atoms with E-state index in [-0.39, 0.29) is 6.54 Å². The first-order valence-electron chi connectivity index (χ1n) is 8.63. The summed E-state index contributed by atoms with van der Waals surface area (Å²) in [7, 11) is 1.56. The molecule has 7 nitrogen and oxygen atoms in total. The van der Waals surface area contributed by atoms with Crippen molar-refractivity contribution in [1.29, 1.82) is 0 Å². The van der Waals surface area contributed by atoms with Crippen LogP contribution in [0.5, 0.6) is 5.75 Å². The summed E-state index contributed by atoms with van der Waals surface area (Å²) in [6, 6.07) is 15.2. The number of urea groups is 1. The molecule has 2 aromatic rings. The average molecular weight is 367 g/mol. The van der Waals surface area contributed by atoms with Crippen molar-refractivity contribution in [2.45, 2.75) is 18.9 Å². The SMILES string of the molecule is CCC1(c2ccc(OC)cc2)NC(=O)N(CC(=O)Nc2ccccc2)C1=O. The zero-order valence-electron chi connectivity index (χ0n) is 15.2. The van der Waals surface area contributed by atoms with E-state index in [1.807, 2.05) is 13.0 Å². The molecule has 27 heavy (non-hydrogen) atoms. The number of hydrogen-bond acceptors (Lipinski definition) is 4. The highest BCUT2D eigenvalue weighted by Gasteiger charge is 2.51. The molecule has 2 aromatic carbocycles. The number of ether oxygens (including phenoxy) is 1. The molecule has 7 heteroatoms. The third-order valence-electron chi connectivity index (χ3n) is 4.65. The highest BCUT2D eigenvalue weighted by atomic mass is 16.5. The molecule has 1 aliphatic heterocycles. The lowest BCUT2D eigenvalue weighted by Crippen LogP contribution is -2.44. The van der Waals surface area contributed by atoms with Crippen LogP contribution in [-0.2, 0) is 15.1 Å². The lowest BCUT2D eigenvalue weighted by atomic mass is 9.87. The Balaban J connectivity index is 1.79. The van der Waals surface area contributed by atoms with Gasteiger partial charge in [-0.2, -0.15) is 0 Å². The number of hydrogen-bond donors (Lipinski definition) is 2. The van der Waals surface area contributed by atoms with Gasteiger partial charge < -0.3 is 15.4 Å². The Bertz CT molecular complexity index is 851. The van der Waals surface area contributed by atoms with Crippen LogP contribution in [0, 0.1) is 0 Å². The molecule has 1 fully saturated rings. The number of methoxy groups -OCH3 is 1. The van der Waals surface area contributed by atoms with Crippen molar-refractivity contribution in [1.82, 2.24) is 10.2 Å². The number of para-hydroxylation sites is 1. The van der Waals surface area contributed by atoms with E-state index in [1.54, 1.807) is 55.6 Å². The average Bonchev–Trinajstić information content (AvgIpc) is 2.94. The second kappa shape index (κ2) is 7.49. The molecule has 4 amide bonds. The van der Waals surface area contributed by atoms with Crippen molar-refractivity contribution < 1.29 is 19.1 Å². The summed E-state index contributed by atoms with van der Waals surface area (Å²) in [4.78, 5) is 38.7. The quantitative estimate of drug-likeness (QED) is 0.768. The first-order chi connectivity index (χ1) is 13.0. The molecule has 1 saturated heterocycles. The van der Waals surface area contributed by atoms with Crippen molar-refractivity contribution in [2.24, 2.45) is 0 Å². The van der Waals surface area contributed by atoms with Gasteiger partial charge in [-0.15, -0.1) is 0 Å². The van der Waals surface area contributed by atoms with Crippen molar-refractivity contribution in [3.63, 3.8) is 0 Å². The molecule has 1 aliphatic rings. The Morgan fingerprint density at radius 2 is 1.78 bits per heavy atom. The highest BCUT2D eigenvalue weighted by Crippen LogP contribution is 2.33. The van der Waals surface area contributed by atoms with Gasteiger partial charge in [0.05, 0.1) is 7.11 Å². The summed E-state index contributed by atoms with van der Waals surface area (Å²) in [5.74, 6) is -0.226. The van der Waals surface area contributed by atoms with Crippen LogP contribution >= 0.6 is 0 Å². The Kier molecular flexibility index (Phi) is 5.12. The third-order valence-corrected chi connectivity index (χ3v) is 4.65. The number of benzene rings is 2. The molecule has 2 N–H and O–H groups in total. The van der Waals surface area contributed by atoms with Crippen LogP contribution in [0.3, 0.4) is 0 Å². The number of rotatable bonds is 6. The summed E-state index contributed by atoms with van der Waals surface area (Å²) >= 11 is 0. The maximum Gasteiger partial charge on any atom is 0.325 e. The van der Waals surface area contributed by atoms with Crippen molar-refractivity contribution in [3.8, 4) is 5.75 Å². The Hall–Kier alpha value is -3.35. The van der Waals surface area contributed by atoms with Crippen molar-refractivity contribution >= 4 is 23.5 Å². The van der Waals surface area contributed by atoms with Crippen LogP contribution in [0.2, 0.25) is 0 Å². The molecule has 0 spiro atoms. The molecule has 0 radical (unpaired) electrons. The molecule has 1 atom stereocenters. The van der Waals surface area contributed by atoms with Crippen LogP contribution in [0.25, 0.3) is 0 Å². The molecule has 0 aliphatic carbocycles. The zero-order valence-corrected chi connectivity index (χ0v) is 15.2. The van der Waals surface area contributed by atoms with Gasteiger partial charge >= 0.3 is 6.03 Å². The molecule has 140 valence electrons. The maximum absolute atomic E-state index is 13.0. The number of nitrogens with zero attached hydrogens (tertiary/aromatic N) is 1. The van der Waals surface area contributed by atoms with Gasteiger partial charge in [0.1, 0.15) is 17.8 Å². The van der Waals surface area contributed by atoms with E-state index >= 15 is 0 Å². The summed E-state index contributed by atoms with van der Waals surface area (Å²) in [6.07, 6.45) is 0.362. The molecule has 0 saturated carbocycles. The lowest BCUT2D eigenvalue weighted by Gasteiger charge is -2.26. The summed E-state index contributed by atoms with van der Waals surface area (Å²) in [5, 5.41) is 5.44. The van der Waals surface area contributed by atoms with Gasteiger partial charge in [-0.1, -0.05) is 37.3 Å². The van der Waals surface area contributed by atoms with E-state index in [2.05, 4.69) is 10.6 Å². The Morgan fingerprint density at radius 3 is 2.37 bits per heavy atom. The Labute approximate surface area is 157 Å². The second-order valence-corrected chi connectivity index (χ2v) is 6.22. The van der Waals surface area contributed by atoms with Crippen LogP contribution in [-0.4, -0.2) is 36.4 Å². The van der Waals surface area contributed by atoms with Gasteiger partial charge in [0.2, 0.25) is 5.91 Å². The first-order valence-corrected chi connectivity index (χ1v) is 8.63. The number of carbonyl (C=O) groups is 3. The number of carbonyl (C=O) groups excluding carboxylic acids is 3. The number of anilines is 1. The van der Waals surface area contributed by atoms with Crippen molar-refractivity contribution in [3.05, 3.63) is 60.2 Å². The minimum absolute atomic E-state index is 0.350. The minimum Gasteiger partial charge on any atom is -0.497 e. The largest absolute Gasteiger partial charge is 0.497 e. The minimum atomic E-state index is -1.18. The maximum atomic E-state index is 13.0. The van der Waals surface area contributed by atoms with E-state index in [9.17, 15) is 14.4 Å². The van der Waals surface area contributed by atoms with Crippen LogP contribution in [0.1, 0.15) is 18.9 Å². The molecular weight excluding hydrogens is 346 g/mol. The summed E-state index contributed by atoms with van der Waals surface area (Å²) in [6.45, 7) is 1.47. The number of amides is 4. The molecule has 0 aromatic heterocycles. The molecule has 0 bridgehead atoms. The van der Waals surface area contributed by atoms with E-state index in [1.165, 1.54) is 0 Å². The van der Waals surface area contributed by atoms with Gasteiger partial charge in [0.25, 0.3) is 5.91 Å². The number of nitrogens with one attached hydrogen (secondary N) is 2. The predicted molar refractivity (Wildman–Crippen MR) is 100 cm³/mol. The molecular formula is C20H21N3O4. The smallest absolute Gasteiger partial charge is 0.325 e. The zero-order chi connectivity index (χ0) is 19.4. The fourth-order valence-corrected chi connectivity index (χ4v) is 3.15. The van der Waals surface area contributed by atoms with E-state index in [4.69, 9.17) is 4.74 Å². The summed E-state index contributed by atoms with van der Waals surface area (Å²) < 4.78 is 5.14. The lowest BCUT2D eigenvalue weighted by molar-refractivity contribution is -0.134. The van der Waals surface area contributed by atoms with Crippen LogP contribution in [0.15, 0.2) is 54.6 Å². The highest BCUT2D eigenvalue weighted by molar-refractivity contribution is 6.10. The Morgan fingerprint density at radius 1 is 1.11 bits per heavy atom. The topological polar surface area (TPSA) is 87.7 Å². The molecule has 1 unspecified atom stereocenters. The fourth-order valence-electron chi connectivity index (χ4n) is 3.15. The van der Waals surface area contributed by atoms with E-state index in [0.717, 1.165) is 4.90 Å². The monoisotopic (exact) mass is 367 g/mol. The van der Waals surface area contributed by atoms with Gasteiger partial charge in [0, 0.05) is 5.69 Å². The molecule has 3 rings (SSSR count). The third kappa shape index (κ3) is 3.48. The second-order valence-electron chi connectivity index (χ2n) is 6.22. The van der Waals surface area contributed by atoms with E-state index in [0.29, 0.717) is 23.4 Å². The van der Waals surface area contributed by atoms with Gasteiger partial charge in [-0.25, -0.2) is 4.79 Å². The number of imide groups is 1. The van der Waals surface area contributed by atoms with Crippen LogP contribution < -0.4 is 15.4 Å². The van der Waals surface area contributed by atoms with Crippen LogP contribution in [0.4, 0.5) is 10.5 Å². The van der Waals surface area contributed by atoms with Gasteiger partial charge in [-0.3, -0.25) is 14.5 Å². The fraction of sp³-hybridized carbons (Fsp3) is 0.250.